The lowest BCUT2D eigenvalue weighted by atomic mass is 9.93. The van der Waals surface area contributed by atoms with E-state index < -0.39 is 17.6 Å². The van der Waals surface area contributed by atoms with E-state index in [1.807, 2.05) is 5.92 Å². The van der Waals surface area contributed by atoms with Gasteiger partial charge >= 0.3 is 6.18 Å². The normalized spacial score (nSPS) is 14.0. The van der Waals surface area contributed by atoms with Gasteiger partial charge in [-0.05, 0) is 24.1 Å². The third-order valence-corrected chi connectivity index (χ3v) is 2.81. The summed E-state index contributed by atoms with van der Waals surface area (Å²) in [7, 11) is 0. The van der Waals surface area contributed by atoms with E-state index in [0.717, 1.165) is 24.3 Å². The molecule has 0 amide bonds. The fraction of sp³-hybridized carbons (Fsp3) is 0.125. The number of hydrogen-bond donors (Lipinski definition) is 1. The van der Waals surface area contributed by atoms with Crippen LogP contribution in [0.25, 0.3) is 0 Å². The standard InChI is InChI=1S/C16H10F4O/c17-14-8-4-5-12(11-14)9-10-15(21,16(18,19)20)13-6-2-1-3-7-13/h1-8,11,21H. The van der Waals surface area contributed by atoms with E-state index in [4.69, 9.17) is 0 Å². The Bertz CT molecular complexity index is 683. The highest BCUT2D eigenvalue weighted by Crippen LogP contribution is 2.38. The Hall–Kier alpha value is -2.32. The Morgan fingerprint density at radius 3 is 2.14 bits per heavy atom. The minimum atomic E-state index is -4.98. The minimum Gasteiger partial charge on any atom is -0.366 e. The van der Waals surface area contributed by atoms with Gasteiger partial charge < -0.3 is 5.11 Å². The average Bonchev–Trinajstić information content (AvgIpc) is 2.44. The Labute approximate surface area is 118 Å². The number of alkyl halides is 3. The molecule has 21 heavy (non-hydrogen) atoms. The van der Waals surface area contributed by atoms with Gasteiger partial charge in [-0.15, -0.1) is 0 Å². The van der Waals surface area contributed by atoms with E-state index in [-0.39, 0.29) is 11.1 Å². The summed E-state index contributed by atoms with van der Waals surface area (Å²) in [6, 6.07) is 11.4. The maximum atomic E-state index is 13.1. The molecule has 0 saturated heterocycles. The van der Waals surface area contributed by atoms with Gasteiger partial charge in [-0.1, -0.05) is 42.3 Å². The Morgan fingerprint density at radius 1 is 0.905 bits per heavy atom. The summed E-state index contributed by atoms with van der Waals surface area (Å²) in [5.74, 6) is 3.37. The lowest BCUT2D eigenvalue weighted by Gasteiger charge is -2.25. The molecule has 1 nitrogen and oxygen atoms in total. The summed E-state index contributed by atoms with van der Waals surface area (Å²) >= 11 is 0. The van der Waals surface area contributed by atoms with E-state index >= 15 is 0 Å². The van der Waals surface area contributed by atoms with Gasteiger partial charge in [0.2, 0.25) is 5.60 Å². The van der Waals surface area contributed by atoms with Crippen molar-refractivity contribution in [3.8, 4) is 11.8 Å². The van der Waals surface area contributed by atoms with Crippen LogP contribution in [-0.4, -0.2) is 11.3 Å². The molecule has 2 aromatic rings. The van der Waals surface area contributed by atoms with Gasteiger partial charge in [0, 0.05) is 11.1 Å². The molecule has 1 atom stereocenters. The lowest BCUT2D eigenvalue weighted by molar-refractivity contribution is -0.240. The second kappa shape index (κ2) is 5.58. The first-order valence-electron chi connectivity index (χ1n) is 5.96. The Kier molecular flexibility index (Phi) is 4.01. The molecule has 0 heterocycles. The molecule has 0 saturated carbocycles. The zero-order valence-corrected chi connectivity index (χ0v) is 10.7. The van der Waals surface area contributed by atoms with Crippen LogP contribution >= 0.6 is 0 Å². The largest absolute Gasteiger partial charge is 0.433 e. The van der Waals surface area contributed by atoms with Crippen LogP contribution < -0.4 is 0 Å². The van der Waals surface area contributed by atoms with Crippen molar-refractivity contribution in [3.63, 3.8) is 0 Å². The number of benzene rings is 2. The van der Waals surface area contributed by atoms with Crippen molar-refractivity contribution in [2.45, 2.75) is 11.8 Å². The van der Waals surface area contributed by atoms with Crippen molar-refractivity contribution < 1.29 is 22.7 Å². The first-order valence-corrected chi connectivity index (χ1v) is 5.96. The molecule has 1 N–H and O–H groups in total. The monoisotopic (exact) mass is 294 g/mol. The summed E-state index contributed by atoms with van der Waals surface area (Å²) in [4.78, 5) is 0. The minimum absolute atomic E-state index is 0.0496. The highest BCUT2D eigenvalue weighted by atomic mass is 19.4. The summed E-state index contributed by atoms with van der Waals surface area (Å²) in [6.07, 6.45) is -4.98. The molecule has 1 unspecified atom stereocenters. The molecule has 2 aromatic carbocycles. The highest BCUT2D eigenvalue weighted by molar-refractivity contribution is 5.41. The molecular weight excluding hydrogens is 284 g/mol. The van der Waals surface area contributed by atoms with Crippen LogP contribution in [-0.2, 0) is 5.60 Å². The summed E-state index contributed by atoms with van der Waals surface area (Å²) in [5, 5.41) is 9.96. The van der Waals surface area contributed by atoms with Crippen LogP contribution in [0.5, 0.6) is 0 Å². The van der Waals surface area contributed by atoms with Crippen molar-refractivity contribution in [1.82, 2.24) is 0 Å². The number of halogens is 4. The lowest BCUT2D eigenvalue weighted by Crippen LogP contribution is -2.41. The van der Waals surface area contributed by atoms with Gasteiger partial charge in [0.25, 0.3) is 0 Å². The molecule has 0 fully saturated rings. The molecule has 5 heteroatoms. The molecule has 0 spiro atoms. The Morgan fingerprint density at radius 2 is 1.57 bits per heavy atom. The zero-order chi connectivity index (χ0) is 15.5. The van der Waals surface area contributed by atoms with Crippen molar-refractivity contribution in [1.29, 1.82) is 0 Å². The van der Waals surface area contributed by atoms with Gasteiger partial charge in [-0.2, -0.15) is 13.2 Å². The van der Waals surface area contributed by atoms with Gasteiger partial charge in [0.1, 0.15) is 5.82 Å². The molecular formula is C16H10F4O. The van der Waals surface area contributed by atoms with Crippen LogP contribution in [0.2, 0.25) is 0 Å². The molecule has 0 radical (unpaired) electrons. The fourth-order valence-corrected chi connectivity index (χ4v) is 1.71. The number of hydrogen-bond acceptors (Lipinski definition) is 1. The predicted molar refractivity (Wildman–Crippen MR) is 69.7 cm³/mol. The van der Waals surface area contributed by atoms with Crippen LogP contribution in [0.3, 0.4) is 0 Å². The van der Waals surface area contributed by atoms with Crippen LogP contribution in [0, 0.1) is 17.7 Å². The van der Waals surface area contributed by atoms with E-state index in [0.29, 0.717) is 0 Å². The number of rotatable bonds is 1. The topological polar surface area (TPSA) is 20.2 Å². The van der Waals surface area contributed by atoms with E-state index in [2.05, 4.69) is 5.92 Å². The van der Waals surface area contributed by atoms with E-state index in [1.54, 1.807) is 0 Å². The van der Waals surface area contributed by atoms with E-state index in [1.165, 1.54) is 30.3 Å². The molecule has 2 rings (SSSR count). The van der Waals surface area contributed by atoms with Crippen molar-refractivity contribution in [2.24, 2.45) is 0 Å². The molecule has 0 aliphatic carbocycles. The maximum absolute atomic E-state index is 13.1. The molecule has 0 aliphatic heterocycles. The quantitative estimate of drug-likeness (QED) is 0.629. The van der Waals surface area contributed by atoms with Crippen LogP contribution in [0.1, 0.15) is 11.1 Å². The van der Waals surface area contributed by atoms with Crippen LogP contribution in [0.4, 0.5) is 17.6 Å². The van der Waals surface area contributed by atoms with Crippen molar-refractivity contribution in [2.75, 3.05) is 0 Å². The first-order chi connectivity index (χ1) is 9.83. The van der Waals surface area contributed by atoms with E-state index in [9.17, 15) is 22.7 Å². The second-order valence-corrected chi connectivity index (χ2v) is 4.33. The summed E-state index contributed by atoms with van der Waals surface area (Å²) < 4.78 is 52.4. The van der Waals surface area contributed by atoms with Crippen molar-refractivity contribution in [3.05, 3.63) is 71.5 Å². The molecule has 108 valence electrons. The zero-order valence-electron chi connectivity index (χ0n) is 10.7. The maximum Gasteiger partial charge on any atom is 0.433 e. The summed E-state index contributed by atoms with van der Waals surface area (Å²) in [5.41, 5.74) is -3.64. The molecule has 0 bridgehead atoms. The van der Waals surface area contributed by atoms with Gasteiger partial charge in [-0.25, -0.2) is 4.39 Å². The average molecular weight is 294 g/mol. The second-order valence-electron chi connectivity index (χ2n) is 4.33. The fourth-order valence-electron chi connectivity index (χ4n) is 1.71. The van der Waals surface area contributed by atoms with Gasteiger partial charge in [0.05, 0.1) is 0 Å². The smallest absolute Gasteiger partial charge is 0.366 e. The molecule has 0 aromatic heterocycles. The highest BCUT2D eigenvalue weighted by Gasteiger charge is 2.54. The third-order valence-electron chi connectivity index (χ3n) is 2.81. The first kappa shape index (κ1) is 15.1. The summed E-state index contributed by atoms with van der Waals surface area (Å²) in [6.45, 7) is 0. The van der Waals surface area contributed by atoms with Gasteiger partial charge in [-0.3, -0.25) is 0 Å². The predicted octanol–water partition coefficient (Wildman–Crippen LogP) is 3.63. The van der Waals surface area contributed by atoms with Crippen LogP contribution in [0.15, 0.2) is 54.6 Å². The number of aliphatic hydroxyl groups is 1. The third kappa shape index (κ3) is 3.23. The molecule has 0 aliphatic rings. The van der Waals surface area contributed by atoms with Gasteiger partial charge in [0.15, 0.2) is 0 Å². The van der Waals surface area contributed by atoms with Crippen molar-refractivity contribution >= 4 is 0 Å². The Balaban J connectivity index is 2.49. The SMILES string of the molecule is OC(C#Cc1cccc(F)c1)(c1ccccc1)C(F)(F)F.